The molecule has 2 aromatic rings. The second-order valence-corrected chi connectivity index (χ2v) is 5.64. The van der Waals surface area contributed by atoms with Gasteiger partial charge in [0.1, 0.15) is 5.75 Å². The summed E-state index contributed by atoms with van der Waals surface area (Å²) in [7, 11) is 0. The molecule has 2 aromatic carbocycles. The normalized spacial score (nSPS) is 12.5. The van der Waals surface area contributed by atoms with E-state index < -0.39 is 12.8 Å². The number of carbonyl (C=O) groups is 1. The van der Waals surface area contributed by atoms with Gasteiger partial charge in [-0.15, -0.1) is 0 Å². The number of hydrogen-bond acceptors (Lipinski definition) is 2. The predicted octanol–water partition coefficient (Wildman–Crippen LogP) is 4.44. The molecule has 0 saturated carbocycles. The maximum Gasteiger partial charge on any atom is 0.422 e. The minimum Gasteiger partial charge on any atom is -0.484 e. The molecular weight excluding hydrogens is 331 g/mol. The van der Waals surface area contributed by atoms with Crippen LogP contribution in [0.2, 0.25) is 0 Å². The zero-order chi connectivity index (χ0) is 18.3. The molecule has 0 radical (unpaired) electrons. The first-order valence-electron chi connectivity index (χ1n) is 8.00. The first kappa shape index (κ1) is 18.8. The van der Waals surface area contributed by atoms with Gasteiger partial charge in [0.2, 0.25) is 5.91 Å². The highest BCUT2D eigenvalue weighted by Crippen LogP contribution is 2.20. The maximum absolute atomic E-state index is 12.4. The van der Waals surface area contributed by atoms with Crippen molar-refractivity contribution in [2.75, 3.05) is 6.61 Å². The predicted molar refractivity (Wildman–Crippen MR) is 89.3 cm³/mol. The maximum atomic E-state index is 12.4. The highest BCUT2D eigenvalue weighted by atomic mass is 19.4. The lowest BCUT2D eigenvalue weighted by Crippen LogP contribution is -2.28. The number of rotatable bonds is 7. The molecule has 2 rings (SSSR count). The number of amides is 1. The lowest BCUT2D eigenvalue weighted by atomic mass is 9.95. The summed E-state index contributed by atoms with van der Waals surface area (Å²) in [6.07, 6.45) is -3.68. The van der Waals surface area contributed by atoms with Crippen LogP contribution in [0.15, 0.2) is 54.6 Å². The van der Waals surface area contributed by atoms with E-state index in [0.717, 1.165) is 11.1 Å². The van der Waals surface area contributed by atoms with Crippen molar-refractivity contribution in [2.45, 2.75) is 32.0 Å². The summed E-state index contributed by atoms with van der Waals surface area (Å²) in [5.74, 6) is -0.162. The molecule has 0 bridgehead atoms. The van der Waals surface area contributed by atoms with Gasteiger partial charge in [-0.25, -0.2) is 0 Å². The van der Waals surface area contributed by atoms with E-state index >= 15 is 0 Å². The van der Waals surface area contributed by atoms with Crippen LogP contribution in [0.1, 0.15) is 30.4 Å². The number of alkyl halides is 3. The highest BCUT2D eigenvalue weighted by Gasteiger charge is 2.28. The first-order chi connectivity index (χ1) is 11.9. The minimum atomic E-state index is -4.36. The molecule has 25 heavy (non-hydrogen) atoms. The quantitative estimate of drug-likeness (QED) is 0.801. The van der Waals surface area contributed by atoms with Gasteiger partial charge in [-0.2, -0.15) is 13.2 Å². The molecule has 1 N–H and O–H groups in total. The van der Waals surface area contributed by atoms with Gasteiger partial charge in [-0.05, 0) is 29.7 Å². The molecule has 134 valence electrons. The Hall–Kier alpha value is -2.50. The van der Waals surface area contributed by atoms with Gasteiger partial charge in [0.15, 0.2) is 6.61 Å². The molecule has 0 spiro atoms. The monoisotopic (exact) mass is 351 g/mol. The highest BCUT2D eigenvalue weighted by molar-refractivity contribution is 5.83. The summed E-state index contributed by atoms with van der Waals surface area (Å²) in [6.45, 7) is 0.935. The van der Waals surface area contributed by atoms with Crippen LogP contribution in [0.3, 0.4) is 0 Å². The van der Waals surface area contributed by atoms with Crippen molar-refractivity contribution in [2.24, 2.45) is 0 Å². The Labute approximate surface area is 144 Å². The van der Waals surface area contributed by atoms with E-state index in [1.807, 2.05) is 37.3 Å². The Balaban J connectivity index is 1.89. The third-order valence-electron chi connectivity index (χ3n) is 3.72. The van der Waals surface area contributed by atoms with Crippen molar-refractivity contribution in [1.82, 2.24) is 5.32 Å². The van der Waals surface area contributed by atoms with Crippen LogP contribution >= 0.6 is 0 Å². The molecule has 1 atom stereocenters. The van der Waals surface area contributed by atoms with Gasteiger partial charge in [-0.1, -0.05) is 49.4 Å². The van der Waals surface area contributed by atoms with E-state index in [9.17, 15) is 18.0 Å². The molecule has 6 heteroatoms. The number of benzene rings is 2. The SMILES string of the molecule is CCC(C(=O)NCc1ccc(OCC(F)(F)F)cc1)c1ccccc1. The second kappa shape index (κ2) is 8.55. The van der Waals surface area contributed by atoms with Crippen molar-refractivity contribution < 1.29 is 22.7 Å². The third-order valence-corrected chi connectivity index (χ3v) is 3.72. The first-order valence-corrected chi connectivity index (χ1v) is 8.00. The molecule has 0 aromatic heterocycles. The molecule has 0 fully saturated rings. The fraction of sp³-hybridized carbons (Fsp3) is 0.316. The Morgan fingerprint density at radius 2 is 1.72 bits per heavy atom. The van der Waals surface area contributed by atoms with Crippen LogP contribution < -0.4 is 10.1 Å². The van der Waals surface area contributed by atoms with E-state index in [1.54, 1.807) is 12.1 Å². The fourth-order valence-electron chi connectivity index (χ4n) is 2.44. The summed E-state index contributed by atoms with van der Waals surface area (Å²) < 4.78 is 41.0. The molecular formula is C19H20F3NO2. The summed E-state index contributed by atoms with van der Waals surface area (Å²) >= 11 is 0. The van der Waals surface area contributed by atoms with Gasteiger partial charge in [0, 0.05) is 6.54 Å². The Kier molecular flexibility index (Phi) is 6.44. The minimum absolute atomic E-state index is 0.0777. The number of ether oxygens (including phenoxy) is 1. The van der Waals surface area contributed by atoms with Crippen LogP contribution in [-0.4, -0.2) is 18.7 Å². The zero-order valence-electron chi connectivity index (χ0n) is 13.8. The second-order valence-electron chi connectivity index (χ2n) is 5.64. The summed E-state index contributed by atoms with van der Waals surface area (Å²) in [6, 6.07) is 15.7. The Morgan fingerprint density at radius 3 is 2.28 bits per heavy atom. The van der Waals surface area contributed by atoms with E-state index in [2.05, 4.69) is 10.1 Å². The van der Waals surface area contributed by atoms with Gasteiger partial charge < -0.3 is 10.1 Å². The van der Waals surface area contributed by atoms with Crippen molar-refractivity contribution in [1.29, 1.82) is 0 Å². The summed E-state index contributed by atoms with van der Waals surface area (Å²) in [5, 5.41) is 2.86. The van der Waals surface area contributed by atoms with Crippen molar-refractivity contribution >= 4 is 5.91 Å². The standard InChI is InChI=1S/C19H20F3NO2/c1-2-17(15-6-4-3-5-7-15)18(24)23-12-14-8-10-16(11-9-14)25-13-19(20,21)22/h3-11,17H,2,12-13H2,1H3,(H,23,24). The zero-order valence-corrected chi connectivity index (χ0v) is 13.8. The molecule has 0 aliphatic rings. The van der Waals surface area contributed by atoms with Crippen molar-refractivity contribution in [3.8, 4) is 5.75 Å². The van der Waals surface area contributed by atoms with Crippen LogP contribution in [0.25, 0.3) is 0 Å². The smallest absolute Gasteiger partial charge is 0.422 e. The third kappa shape index (κ3) is 6.14. The molecule has 3 nitrogen and oxygen atoms in total. The van der Waals surface area contributed by atoms with E-state index in [4.69, 9.17) is 0 Å². The molecule has 0 heterocycles. The Morgan fingerprint density at radius 1 is 1.08 bits per heavy atom. The van der Waals surface area contributed by atoms with E-state index in [-0.39, 0.29) is 17.6 Å². The fourth-order valence-corrected chi connectivity index (χ4v) is 2.44. The van der Waals surface area contributed by atoms with Crippen LogP contribution in [0.4, 0.5) is 13.2 Å². The summed E-state index contributed by atoms with van der Waals surface area (Å²) in [5.41, 5.74) is 1.74. The average molecular weight is 351 g/mol. The molecule has 0 aliphatic carbocycles. The number of carbonyl (C=O) groups excluding carboxylic acids is 1. The van der Waals surface area contributed by atoms with Gasteiger partial charge in [0.25, 0.3) is 0 Å². The van der Waals surface area contributed by atoms with Gasteiger partial charge >= 0.3 is 6.18 Å². The number of hydrogen-bond donors (Lipinski definition) is 1. The number of nitrogens with one attached hydrogen (secondary N) is 1. The van der Waals surface area contributed by atoms with Gasteiger partial charge in [-0.3, -0.25) is 4.79 Å². The van der Waals surface area contributed by atoms with Gasteiger partial charge in [0.05, 0.1) is 5.92 Å². The molecule has 0 saturated heterocycles. The molecule has 1 unspecified atom stereocenters. The average Bonchev–Trinajstić information content (AvgIpc) is 2.60. The lowest BCUT2D eigenvalue weighted by molar-refractivity contribution is -0.153. The van der Waals surface area contributed by atoms with Crippen LogP contribution in [0, 0.1) is 0 Å². The van der Waals surface area contributed by atoms with Crippen molar-refractivity contribution in [3.05, 3.63) is 65.7 Å². The van der Waals surface area contributed by atoms with Crippen molar-refractivity contribution in [3.63, 3.8) is 0 Å². The molecule has 1 amide bonds. The largest absolute Gasteiger partial charge is 0.484 e. The number of halogens is 3. The summed E-state index contributed by atoms with van der Waals surface area (Å²) in [4.78, 5) is 12.4. The lowest BCUT2D eigenvalue weighted by Gasteiger charge is -2.15. The topological polar surface area (TPSA) is 38.3 Å². The van der Waals surface area contributed by atoms with E-state index in [0.29, 0.717) is 13.0 Å². The van der Waals surface area contributed by atoms with Crippen LogP contribution in [-0.2, 0) is 11.3 Å². The van der Waals surface area contributed by atoms with Crippen LogP contribution in [0.5, 0.6) is 5.75 Å². The Bertz CT molecular complexity index is 669. The molecule has 0 aliphatic heterocycles. The van der Waals surface area contributed by atoms with E-state index in [1.165, 1.54) is 12.1 Å².